The predicted molar refractivity (Wildman–Crippen MR) is 134 cm³/mol. The second-order valence-electron chi connectivity index (χ2n) is 7.77. The van der Waals surface area contributed by atoms with Gasteiger partial charge in [0.15, 0.2) is 5.16 Å². The summed E-state index contributed by atoms with van der Waals surface area (Å²) in [4.78, 5) is 34.0. The number of hydrazone groups is 1. The molecule has 0 saturated carbocycles. The Morgan fingerprint density at radius 2 is 1.71 bits per heavy atom. The van der Waals surface area contributed by atoms with Crippen molar-refractivity contribution in [2.75, 3.05) is 5.75 Å². The molecule has 0 aliphatic rings. The zero-order chi connectivity index (χ0) is 24.2. The number of carbonyl (C=O) groups excluding carboxylic acids is 1. The Morgan fingerprint density at radius 1 is 1.06 bits per heavy atom. The van der Waals surface area contributed by atoms with Gasteiger partial charge in [0, 0.05) is 22.2 Å². The van der Waals surface area contributed by atoms with E-state index in [1.54, 1.807) is 36.4 Å². The normalized spacial score (nSPS) is 11.3. The number of nitrogens with one attached hydrogen (secondary N) is 1. The average Bonchev–Trinajstić information content (AvgIpc) is 2.80. The standard InChI is InChI=1S/C25H23N5O3S/c1-15-8-10-18(11-9-15)30-23(32)20-7-5-4-6-19(20)21(24(30)33)13-26-29-22(31)14-34-25-27-16(2)12-17(3)28-25/h4-13,33H,14H2,1-3H3,(H,29,31)/b26-13-. The number of fused-ring (bicyclic) bond motifs is 1. The van der Waals surface area contributed by atoms with Crippen LogP contribution in [0.25, 0.3) is 16.5 Å². The monoisotopic (exact) mass is 473 g/mol. The maximum absolute atomic E-state index is 13.1. The van der Waals surface area contributed by atoms with Gasteiger partial charge in [-0.05, 0) is 45.0 Å². The molecular weight excluding hydrogens is 450 g/mol. The number of rotatable bonds is 6. The summed E-state index contributed by atoms with van der Waals surface area (Å²) in [5.41, 5.74) is 5.66. The molecule has 9 heteroatoms. The first-order chi connectivity index (χ1) is 16.3. The number of benzene rings is 2. The van der Waals surface area contributed by atoms with Crippen molar-refractivity contribution in [1.82, 2.24) is 20.0 Å². The first-order valence-corrected chi connectivity index (χ1v) is 11.5. The van der Waals surface area contributed by atoms with E-state index in [1.807, 2.05) is 39.0 Å². The van der Waals surface area contributed by atoms with Gasteiger partial charge in [-0.2, -0.15) is 5.10 Å². The number of carbonyl (C=O) groups is 1. The van der Waals surface area contributed by atoms with Crippen LogP contribution in [-0.2, 0) is 4.79 Å². The van der Waals surface area contributed by atoms with Crippen LogP contribution in [-0.4, -0.2) is 37.5 Å². The van der Waals surface area contributed by atoms with Gasteiger partial charge in [0.1, 0.15) is 0 Å². The zero-order valence-corrected chi connectivity index (χ0v) is 19.8. The molecule has 4 rings (SSSR count). The number of thioether (sulfide) groups is 1. The molecule has 34 heavy (non-hydrogen) atoms. The molecular formula is C25H23N5O3S. The minimum absolute atomic E-state index is 0.0792. The van der Waals surface area contributed by atoms with E-state index in [1.165, 1.54) is 22.5 Å². The maximum atomic E-state index is 13.1. The maximum Gasteiger partial charge on any atom is 0.265 e. The fraction of sp³-hybridized carbons (Fsp3) is 0.160. The molecule has 0 unspecified atom stereocenters. The van der Waals surface area contributed by atoms with Crippen molar-refractivity contribution in [2.45, 2.75) is 25.9 Å². The molecule has 0 aliphatic heterocycles. The van der Waals surface area contributed by atoms with E-state index < -0.39 is 0 Å². The Hall–Kier alpha value is -3.98. The molecule has 0 bridgehead atoms. The van der Waals surface area contributed by atoms with Gasteiger partial charge in [0.05, 0.1) is 23.2 Å². The molecule has 0 spiro atoms. The van der Waals surface area contributed by atoms with Crippen LogP contribution >= 0.6 is 11.8 Å². The molecule has 2 aromatic heterocycles. The van der Waals surface area contributed by atoms with Crippen molar-refractivity contribution >= 4 is 34.7 Å². The molecule has 0 saturated heterocycles. The SMILES string of the molecule is Cc1ccc(-n2c(O)c(/C=N\NC(=O)CSc3nc(C)cc(C)n3)c3ccccc3c2=O)cc1. The quantitative estimate of drug-likeness (QED) is 0.191. The fourth-order valence-corrected chi connectivity index (χ4v) is 4.25. The summed E-state index contributed by atoms with van der Waals surface area (Å²) >= 11 is 1.21. The largest absolute Gasteiger partial charge is 0.494 e. The van der Waals surface area contributed by atoms with Crippen LogP contribution in [0.5, 0.6) is 5.88 Å². The number of aromatic hydroxyl groups is 1. The molecule has 0 radical (unpaired) electrons. The molecule has 2 N–H and O–H groups in total. The minimum atomic E-state index is -0.348. The van der Waals surface area contributed by atoms with E-state index in [0.29, 0.717) is 27.2 Å². The van der Waals surface area contributed by atoms with Crippen molar-refractivity contribution in [3.05, 3.63) is 87.5 Å². The summed E-state index contributed by atoms with van der Waals surface area (Å²) in [5, 5.41) is 16.5. The summed E-state index contributed by atoms with van der Waals surface area (Å²) in [6.45, 7) is 5.68. The Kier molecular flexibility index (Phi) is 6.74. The highest BCUT2D eigenvalue weighted by Crippen LogP contribution is 2.26. The van der Waals surface area contributed by atoms with Gasteiger partial charge >= 0.3 is 0 Å². The summed E-state index contributed by atoms with van der Waals surface area (Å²) in [6, 6.07) is 16.1. The Morgan fingerprint density at radius 3 is 2.38 bits per heavy atom. The number of aromatic nitrogens is 3. The molecule has 8 nitrogen and oxygen atoms in total. The van der Waals surface area contributed by atoms with E-state index >= 15 is 0 Å². The second kappa shape index (κ2) is 9.88. The third-order valence-electron chi connectivity index (χ3n) is 5.07. The lowest BCUT2D eigenvalue weighted by Crippen LogP contribution is -2.21. The molecule has 0 atom stereocenters. The smallest absolute Gasteiger partial charge is 0.265 e. The van der Waals surface area contributed by atoms with Crippen molar-refractivity contribution in [2.24, 2.45) is 5.10 Å². The highest BCUT2D eigenvalue weighted by molar-refractivity contribution is 7.99. The summed E-state index contributed by atoms with van der Waals surface area (Å²) < 4.78 is 1.23. The summed E-state index contributed by atoms with van der Waals surface area (Å²) in [6.07, 6.45) is 1.34. The highest BCUT2D eigenvalue weighted by atomic mass is 32.2. The fourth-order valence-electron chi connectivity index (χ4n) is 3.51. The molecule has 4 aromatic rings. The van der Waals surface area contributed by atoms with Crippen LogP contribution in [0, 0.1) is 20.8 Å². The lowest BCUT2D eigenvalue weighted by molar-refractivity contribution is -0.118. The Balaban J connectivity index is 1.60. The number of aryl methyl sites for hydroxylation is 3. The van der Waals surface area contributed by atoms with Gasteiger partial charge in [-0.15, -0.1) is 0 Å². The summed E-state index contributed by atoms with van der Waals surface area (Å²) in [5.74, 6) is -0.529. The zero-order valence-electron chi connectivity index (χ0n) is 18.9. The lowest BCUT2D eigenvalue weighted by Gasteiger charge is -2.13. The second-order valence-corrected chi connectivity index (χ2v) is 8.72. The number of nitrogens with zero attached hydrogens (tertiary/aromatic N) is 4. The van der Waals surface area contributed by atoms with E-state index in [-0.39, 0.29) is 23.1 Å². The van der Waals surface area contributed by atoms with Gasteiger partial charge in [0.25, 0.3) is 11.5 Å². The van der Waals surface area contributed by atoms with Gasteiger partial charge < -0.3 is 5.11 Å². The molecule has 172 valence electrons. The third-order valence-corrected chi connectivity index (χ3v) is 5.92. The lowest BCUT2D eigenvalue weighted by atomic mass is 10.1. The Labute approximate surface area is 200 Å². The first-order valence-electron chi connectivity index (χ1n) is 10.5. The van der Waals surface area contributed by atoms with E-state index in [2.05, 4.69) is 20.5 Å². The number of pyridine rings is 1. The molecule has 1 amide bonds. The molecule has 0 aliphatic carbocycles. The van der Waals surface area contributed by atoms with E-state index in [9.17, 15) is 14.7 Å². The predicted octanol–water partition coefficient (Wildman–Crippen LogP) is 3.65. The van der Waals surface area contributed by atoms with Gasteiger partial charge in [-0.1, -0.05) is 47.7 Å². The third kappa shape index (κ3) is 4.99. The van der Waals surface area contributed by atoms with E-state index in [0.717, 1.165) is 17.0 Å². The van der Waals surface area contributed by atoms with Crippen molar-refractivity contribution in [1.29, 1.82) is 0 Å². The summed E-state index contributed by atoms with van der Waals surface area (Å²) in [7, 11) is 0. The average molecular weight is 474 g/mol. The van der Waals surface area contributed by atoms with Crippen molar-refractivity contribution in [3.8, 4) is 11.6 Å². The topological polar surface area (TPSA) is 109 Å². The number of amides is 1. The minimum Gasteiger partial charge on any atom is -0.494 e. The van der Waals surface area contributed by atoms with Crippen LogP contribution in [0.4, 0.5) is 0 Å². The number of hydrogen-bond donors (Lipinski definition) is 2. The molecule has 2 heterocycles. The molecule has 2 aromatic carbocycles. The van der Waals surface area contributed by atoms with Crippen LogP contribution in [0.1, 0.15) is 22.5 Å². The van der Waals surface area contributed by atoms with Gasteiger partial charge in [-0.25, -0.2) is 20.0 Å². The van der Waals surface area contributed by atoms with Crippen molar-refractivity contribution in [3.63, 3.8) is 0 Å². The van der Waals surface area contributed by atoms with Crippen molar-refractivity contribution < 1.29 is 9.90 Å². The van der Waals surface area contributed by atoms with Crippen LogP contribution < -0.4 is 11.0 Å². The van der Waals surface area contributed by atoms with Crippen LogP contribution in [0.3, 0.4) is 0 Å². The van der Waals surface area contributed by atoms with Gasteiger partial charge in [0.2, 0.25) is 5.88 Å². The van der Waals surface area contributed by atoms with Crippen LogP contribution in [0.15, 0.2) is 69.6 Å². The van der Waals surface area contributed by atoms with Gasteiger partial charge in [-0.3, -0.25) is 9.59 Å². The molecule has 0 fully saturated rings. The highest BCUT2D eigenvalue weighted by Gasteiger charge is 2.16. The first kappa shape index (κ1) is 23.2. The Bertz CT molecular complexity index is 1440. The van der Waals surface area contributed by atoms with Crippen LogP contribution in [0.2, 0.25) is 0 Å². The van der Waals surface area contributed by atoms with E-state index in [4.69, 9.17) is 0 Å². The number of hydrogen-bond acceptors (Lipinski definition) is 7.